The lowest BCUT2D eigenvalue weighted by Gasteiger charge is -2.30. The van der Waals surface area contributed by atoms with Crippen molar-refractivity contribution in [1.82, 2.24) is 25.3 Å². The largest absolute Gasteiger partial charge is 0.444 e. The van der Waals surface area contributed by atoms with Crippen LogP contribution in [0.25, 0.3) is 0 Å². The molecule has 1 rings (SSSR count). The van der Waals surface area contributed by atoms with E-state index >= 15 is 0 Å². The SMILES string of the molecule is CN=C(NCCCN(C(=O)OC(C)(C)C)C(C)C)NCc1ccnn1C. The van der Waals surface area contributed by atoms with E-state index in [1.165, 1.54) is 0 Å². The summed E-state index contributed by atoms with van der Waals surface area (Å²) in [4.78, 5) is 18.3. The zero-order chi connectivity index (χ0) is 19.7. The molecule has 0 radical (unpaired) electrons. The third kappa shape index (κ3) is 7.76. The van der Waals surface area contributed by atoms with Gasteiger partial charge in [-0.2, -0.15) is 5.10 Å². The van der Waals surface area contributed by atoms with E-state index in [0.717, 1.165) is 18.1 Å². The van der Waals surface area contributed by atoms with Crippen LogP contribution < -0.4 is 10.6 Å². The number of hydrogen-bond donors (Lipinski definition) is 2. The van der Waals surface area contributed by atoms with Gasteiger partial charge in [0.2, 0.25) is 0 Å². The minimum atomic E-state index is -0.486. The molecule has 26 heavy (non-hydrogen) atoms. The van der Waals surface area contributed by atoms with E-state index in [9.17, 15) is 4.79 Å². The molecule has 0 unspecified atom stereocenters. The third-order valence-corrected chi connectivity index (χ3v) is 3.70. The van der Waals surface area contributed by atoms with Gasteiger partial charge in [-0.3, -0.25) is 9.67 Å². The molecule has 1 heterocycles. The fourth-order valence-corrected chi connectivity index (χ4v) is 2.31. The molecule has 0 aliphatic carbocycles. The lowest BCUT2D eigenvalue weighted by Crippen LogP contribution is -2.43. The second kappa shape index (κ2) is 10.0. The molecular weight excluding hydrogens is 332 g/mol. The monoisotopic (exact) mass is 366 g/mol. The van der Waals surface area contributed by atoms with Crippen molar-refractivity contribution >= 4 is 12.1 Å². The molecule has 8 heteroatoms. The van der Waals surface area contributed by atoms with Crippen LogP contribution in [0, 0.1) is 0 Å². The second-order valence-corrected chi connectivity index (χ2v) is 7.42. The van der Waals surface area contributed by atoms with Crippen molar-refractivity contribution in [3.05, 3.63) is 18.0 Å². The summed E-state index contributed by atoms with van der Waals surface area (Å²) in [6.07, 6.45) is 2.29. The maximum Gasteiger partial charge on any atom is 0.410 e. The van der Waals surface area contributed by atoms with E-state index in [1.807, 2.05) is 52.4 Å². The molecule has 0 aromatic carbocycles. The van der Waals surface area contributed by atoms with Gasteiger partial charge in [-0.1, -0.05) is 0 Å². The summed E-state index contributed by atoms with van der Waals surface area (Å²) in [5, 5.41) is 10.7. The van der Waals surface area contributed by atoms with Crippen molar-refractivity contribution in [2.24, 2.45) is 12.0 Å². The fraction of sp³-hybridized carbons (Fsp3) is 0.722. The summed E-state index contributed by atoms with van der Waals surface area (Å²) < 4.78 is 7.29. The molecule has 0 spiro atoms. The number of carbonyl (C=O) groups is 1. The van der Waals surface area contributed by atoms with Gasteiger partial charge in [0.1, 0.15) is 5.60 Å². The van der Waals surface area contributed by atoms with Gasteiger partial charge in [-0.15, -0.1) is 0 Å². The minimum absolute atomic E-state index is 0.0899. The number of nitrogens with zero attached hydrogens (tertiary/aromatic N) is 4. The molecule has 0 fully saturated rings. The molecule has 0 aliphatic heterocycles. The van der Waals surface area contributed by atoms with Crippen LogP contribution in [0.3, 0.4) is 0 Å². The molecule has 8 nitrogen and oxygen atoms in total. The zero-order valence-corrected chi connectivity index (χ0v) is 17.2. The zero-order valence-electron chi connectivity index (χ0n) is 17.2. The topological polar surface area (TPSA) is 83.8 Å². The quantitative estimate of drug-likeness (QED) is 0.439. The fourth-order valence-electron chi connectivity index (χ4n) is 2.31. The summed E-state index contributed by atoms with van der Waals surface area (Å²) in [5.41, 5.74) is 0.587. The first kappa shape index (κ1) is 21.8. The van der Waals surface area contributed by atoms with Gasteiger partial charge in [0.25, 0.3) is 0 Å². The number of amides is 1. The van der Waals surface area contributed by atoms with Crippen LogP contribution in [-0.2, 0) is 18.3 Å². The molecule has 1 amide bonds. The highest BCUT2D eigenvalue weighted by Crippen LogP contribution is 2.12. The van der Waals surface area contributed by atoms with Crippen LogP contribution in [0.1, 0.15) is 46.7 Å². The maximum absolute atomic E-state index is 12.3. The van der Waals surface area contributed by atoms with Gasteiger partial charge < -0.3 is 20.3 Å². The van der Waals surface area contributed by atoms with Gasteiger partial charge in [-0.05, 0) is 47.1 Å². The maximum atomic E-state index is 12.3. The summed E-state index contributed by atoms with van der Waals surface area (Å²) in [7, 11) is 3.64. The first-order valence-electron chi connectivity index (χ1n) is 9.05. The van der Waals surface area contributed by atoms with Gasteiger partial charge in [0, 0.05) is 39.4 Å². The van der Waals surface area contributed by atoms with Crippen molar-refractivity contribution in [1.29, 1.82) is 0 Å². The van der Waals surface area contributed by atoms with Crippen molar-refractivity contribution in [3.63, 3.8) is 0 Å². The third-order valence-electron chi connectivity index (χ3n) is 3.70. The number of guanidine groups is 1. The molecule has 0 saturated heterocycles. The van der Waals surface area contributed by atoms with E-state index in [2.05, 4.69) is 20.7 Å². The van der Waals surface area contributed by atoms with E-state index in [4.69, 9.17) is 4.74 Å². The number of aromatic nitrogens is 2. The van der Waals surface area contributed by atoms with Crippen LogP contribution in [0.4, 0.5) is 4.79 Å². The normalized spacial score (nSPS) is 12.2. The number of hydrogen-bond acceptors (Lipinski definition) is 4. The van der Waals surface area contributed by atoms with Crippen molar-refractivity contribution in [3.8, 4) is 0 Å². The molecular formula is C18H34N6O2. The van der Waals surface area contributed by atoms with Crippen LogP contribution in [0.15, 0.2) is 17.3 Å². The Morgan fingerprint density at radius 1 is 1.38 bits per heavy atom. The first-order chi connectivity index (χ1) is 12.1. The molecule has 2 N–H and O–H groups in total. The van der Waals surface area contributed by atoms with Gasteiger partial charge in [0.15, 0.2) is 5.96 Å². The Morgan fingerprint density at radius 3 is 2.58 bits per heavy atom. The number of aryl methyl sites for hydroxylation is 1. The number of ether oxygens (including phenoxy) is 1. The lowest BCUT2D eigenvalue weighted by atomic mass is 10.2. The Balaban J connectivity index is 2.39. The highest BCUT2D eigenvalue weighted by atomic mass is 16.6. The van der Waals surface area contributed by atoms with Crippen molar-refractivity contribution in [2.45, 2.75) is 59.2 Å². The van der Waals surface area contributed by atoms with Crippen LogP contribution in [-0.4, -0.2) is 58.5 Å². The number of nitrogens with one attached hydrogen (secondary N) is 2. The molecule has 0 atom stereocenters. The number of carbonyl (C=O) groups excluding carboxylic acids is 1. The Bertz CT molecular complexity index is 589. The van der Waals surface area contributed by atoms with Crippen molar-refractivity contribution < 1.29 is 9.53 Å². The summed E-state index contributed by atoms with van der Waals surface area (Å²) >= 11 is 0. The summed E-state index contributed by atoms with van der Waals surface area (Å²) in [6, 6.07) is 2.05. The number of rotatable bonds is 7. The first-order valence-corrected chi connectivity index (χ1v) is 9.05. The molecule has 0 aliphatic rings. The van der Waals surface area contributed by atoms with E-state index in [1.54, 1.807) is 18.1 Å². The second-order valence-electron chi connectivity index (χ2n) is 7.42. The van der Waals surface area contributed by atoms with Crippen molar-refractivity contribution in [2.75, 3.05) is 20.1 Å². The average molecular weight is 367 g/mol. The lowest BCUT2D eigenvalue weighted by molar-refractivity contribution is 0.0190. The Morgan fingerprint density at radius 2 is 2.08 bits per heavy atom. The number of aliphatic imine (C=N–C) groups is 1. The smallest absolute Gasteiger partial charge is 0.410 e. The van der Waals surface area contributed by atoms with E-state index in [-0.39, 0.29) is 12.1 Å². The van der Waals surface area contributed by atoms with Gasteiger partial charge in [-0.25, -0.2) is 4.79 Å². The van der Waals surface area contributed by atoms with E-state index in [0.29, 0.717) is 19.6 Å². The molecule has 0 saturated carbocycles. The summed E-state index contributed by atoms with van der Waals surface area (Å²) in [6.45, 7) is 11.6. The standard InChI is InChI=1S/C18H34N6O2/c1-14(2)24(17(25)26-18(3,4)5)12-8-10-20-16(19-6)21-13-15-9-11-22-23(15)7/h9,11,14H,8,10,12-13H2,1-7H3,(H2,19,20,21). The van der Waals surface area contributed by atoms with Crippen LogP contribution in [0.2, 0.25) is 0 Å². The Hall–Kier alpha value is -2.25. The predicted octanol–water partition coefficient (Wildman–Crippen LogP) is 2.12. The minimum Gasteiger partial charge on any atom is -0.444 e. The summed E-state index contributed by atoms with van der Waals surface area (Å²) in [5.74, 6) is 0.722. The van der Waals surface area contributed by atoms with E-state index < -0.39 is 5.60 Å². The molecule has 1 aromatic heterocycles. The molecule has 148 valence electrons. The van der Waals surface area contributed by atoms with Gasteiger partial charge >= 0.3 is 6.09 Å². The average Bonchev–Trinajstić information content (AvgIpc) is 2.93. The highest BCUT2D eigenvalue weighted by molar-refractivity contribution is 5.79. The highest BCUT2D eigenvalue weighted by Gasteiger charge is 2.23. The van der Waals surface area contributed by atoms with Crippen LogP contribution in [0.5, 0.6) is 0 Å². The Kier molecular flexibility index (Phi) is 8.41. The Labute approximate surface area is 157 Å². The molecule has 1 aromatic rings. The molecule has 0 bridgehead atoms. The van der Waals surface area contributed by atoms with Crippen LogP contribution >= 0.6 is 0 Å². The predicted molar refractivity (Wildman–Crippen MR) is 104 cm³/mol. The van der Waals surface area contributed by atoms with Gasteiger partial charge in [0.05, 0.1) is 12.2 Å².